The molecule has 2 N–H and O–H groups in total. The molecule has 0 radical (unpaired) electrons. The van der Waals surface area contributed by atoms with E-state index in [1.165, 1.54) is 0 Å². The number of amides is 1. The molecule has 23 heavy (non-hydrogen) atoms. The molecule has 0 spiro atoms. The van der Waals surface area contributed by atoms with Gasteiger partial charge in [-0.2, -0.15) is 0 Å². The maximum absolute atomic E-state index is 12.3. The molecule has 1 aromatic rings. The van der Waals surface area contributed by atoms with Crippen LogP contribution in [0.2, 0.25) is 0 Å². The summed E-state index contributed by atoms with van der Waals surface area (Å²) in [5.74, 6) is -0.214. The van der Waals surface area contributed by atoms with Gasteiger partial charge in [-0.3, -0.25) is 9.59 Å². The number of rotatable bonds is 4. The number of nitrogens with one attached hydrogen (secondary N) is 1. The summed E-state index contributed by atoms with van der Waals surface area (Å²) >= 11 is 0. The Morgan fingerprint density at radius 1 is 1.17 bits per heavy atom. The second kappa shape index (κ2) is 6.89. The molecule has 1 heterocycles. The van der Waals surface area contributed by atoms with E-state index in [0.29, 0.717) is 24.5 Å². The number of carboxylic acids is 1. The second-order valence-electron chi connectivity index (χ2n) is 6.10. The first-order valence-electron chi connectivity index (χ1n) is 8.04. The Morgan fingerprint density at radius 3 is 2.70 bits per heavy atom. The van der Waals surface area contributed by atoms with E-state index in [4.69, 9.17) is 9.47 Å². The summed E-state index contributed by atoms with van der Waals surface area (Å²) in [6.07, 6.45) is 2.78. The van der Waals surface area contributed by atoms with E-state index in [-0.39, 0.29) is 24.3 Å². The van der Waals surface area contributed by atoms with Crippen molar-refractivity contribution < 1.29 is 24.2 Å². The van der Waals surface area contributed by atoms with Gasteiger partial charge in [0.2, 0.25) is 6.10 Å². The Bertz CT molecular complexity index is 588. The lowest BCUT2D eigenvalue weighted by Gasteiger charge is -2.30. The zero-order valence-electron chi connectivity index (χ0n) is 12.9. The number of benzene rings is 1. The average Bonchev–Trinajstić information content (AvgIpc) is 2.59. The molecule has 1 aliphatic carbocycles. The van der Waals surface area contributed by atoms with Gasteiger partial charge in [-0.05, 0) is 30.9 Å². The number of aliphatic carboxylic acids is 1. The van der Waals surface area contributed by atoms with Crippen molar-refractivity contribution in [3.05, 3.63) is 24.3 Å². The van der Waals surface area contributed by atoms with E-state index in [1.54, 1.807) is 12.1 Å². The number of carboxylic acid groups (broad SMARTS) is 1. The highest BCUT2D eigenvalue weighted by molar-refractivity contribution is 5.81. The van der Waals surface area contributed by atoms with Crippen LogP contribution < -0.4 is 14.8 Å². The van der Waals surface area contributed by atoms with E-state index >= 15 is 0 Å². The first-order valence-corrected chi connectivity index (χ1v) is 8.04. The number of carbonyl (C=O) groups is 2. The topological polar surface area (TPSA) is 84.9 Å². The third-order valence-electron chi connectivity index (χ3n) is 4.57. The molecule has 0 aromatic heterocycles. The molecule has 0 saturated heterocycles. The normalized spacial score (nSPS) is 26.3. The number of fused-ring (bicyclic) bond motifs is 1. The lowest BCUT2D eigenvalue weighted by molar-refractivity contribution is -0.145. The zero-order valence-corrected chi connectivity index (χ0v) is 12.9. The SMILES string of the molecule is O=C(NC[C@@H]1CCCC[C@@H]1C(=O)O)C1COc2ccccc2O1. The Balaban J connectivity index is 1.54. The van der Waals surface area contributed by atoms with Crippen LogP contribution in [0.1, 0.15) is 25.7 Å². The van der Waals surface area contributed by atoms with Crippen LogP contribution in [0.15, 0.2) is 24.3 Å². The van der Waals surface area contributed by atoms with E-state index in [2.05, 4.69) is 5.32 Å². The van der Waals surface area contributed by atoms with E-state index in [0.717, 1.165) is 19.3 Å². The molecule has 6 nitrogen and oxygen atoms in total. The predicted molar refractivity (Wildman–Crippen MR) is 82.4 cm³/mol. The molecule has 1 aliphatic heterocycles. The summed E-state index contributed by atoms with van der Waals surface area (Å²) in [6.45, 7) is 0.535. The maximum Gasteiger partial charge on any atom is 0.306 e. The Kier molecular flexibility index (Phi) is 4.69. The monoisotopic (exact) mass is 319 g/mol. The van der Waals surface area contributed by atoms with Gasteiger partial charge in [0, 0.05) is 6.54 Å². The zero-order chi connectivity index (χ0) is 16.2. The highest BCUT2D eigenvalue weighted by atomic mass is 16.6. The summed E-state index contributed by atoms with van der Waals surface area (Å²) in [5.41, 5.74) is 0. The van der Waals surface area contributed by atoms with Crippen molar-refractivity contribution in [3.8, 4) is 11.5 Å². The molecule has 2 aliphatic rings. The van der Waals surface area contributed by atoms with Crippen LogP contribution in [0, 0.1) is 11.8 Å². The van der Waals surface area contributed by atoms with Crippen molar-refractivity contribution in [1.82, 2.24) is 5.32 Å². The van der Waals surface area contributed by atoms with Crippen molar-refractivity contribution in [1.29, 1.82) is 0 Å². The van der Waals surface area contributed by atoms with Gasteiger partial charge in [0.1, 0.15) is 6.61 Å². The fourth-order valence-electron chi connectivity index (χ4n) is 3.27. The highest BCUT2D eigenvalue weighted by Crippen LogP contribution is 2.31. The van der Waals surface area contributed by atoms with Gasteiger partial charge in [0.15, 0.2) is 11.5 Å². The van der Waals surface area contributed by atoms with Crippen LogP contribution >= 0.6 is 0 Å². The fourth-order valence-corrected chi connectivity index (χ4v) is 3.27. The van der Waals surface area contributed by atoms with Crippen LogP contribution in [0.25, 0.3) is 0 Å². The van der Waals surface area contributed by atoms with Crippen molar-refractivity contribution in [2.24, 2.45) is 11.8 Å². The second-order valence-corrected chi connectivity index (χ2v) is 6.10. The predicted octanol–water partition coefficient (Wildman–Crippen LogP) is 1.83. The van der Waals surface area contributed by atoms with Gasteiger partial charge < -0.3 is 19.9 Å². The Morgan fingerprint density at radius 2 is 1.91 bits per heavy atom. The number of ether oxygens (including phenoxy) is 2. The van der Waals surface area contributed by atoms with E-state index < -0.39 is 12.1 Å². The fraction of sp³-hybridized carbons (Fsp3) is 0.529. The third kappa shape index (κ3) is 3.57. The number of hydrogen-bond acceptors (Lipinski definition) is 4. The molecule has 1 aromatic carbocycles. The smallest absolute Gasteiger partial charge is 0.306 e. The minimum Gasteiger partial charge on any atom is -0.485 e. The third-order valence-corrected chi connectivity index (χ3v) is 4.57. The molecule has 0 bridgehead atoms. The van der Waals surface area contributed by atoms with Gasteiger partial charge in [-0.15, -0.1) is 0 Å². The molecule has 6 heteroatoms. The van der Waals surface area contributed by atoms with Gasteiger partial charge in [0.25, 0.3) is 5.91 Å². The molecule has 124 valence electrons. The van der Waals surface area contributed by atoms with Crippen LogP contribution in [0.5, 0.6) is 11.5 Å². The summed E-state index contributed by atoms with van der Waals surface area (Å²) < 4.78 is 11.2. The van der Waals surface area contributed by atoms with Gasteiger partial charge in [-0.1, -0.05) is 25.0 Å². The minimum absolute atomic E-state index is 0.0120. The molecule has 1 fully saturated rings. The summed E-state index contributed by atoms with van der Waals surface area (Å²) in [6, 6.07) is 7.22. The number of para-hydroxylation sites is 2. The van der Waals surface area contributed by atoms with Gasteiger partial charge in [-0.25, -0.2) is 0 Å². The standard InChI is InChI=1S/C17H21NO5/c19-16(15-10-22-13-7-3-4-8-14(13)23-15)18-9-11-5-1-2-6-12(11)17(20)21/h3-4,7-8,11-12,15H,1-2,5-6,9-10H2,(H,18,19)(H,20,21)/t11-,12-,15?/m0/s1. The van der Waals surface area contributed by atoms with Crippen LogP contribution in [-0.4, -0.2) is 36.2 Å². The quantitative estimate of drug-likeness (QED) is 0.884. The largest absolute Gasteiger partial charge is 0.485 e. The summed E-state index contributed by atoms with van der Waals surface area (Å²) in [7, 11) is 0. The van der Waals surface area contributed by atoms with Crippen molar-refractivity contribution >= 4 is 11.9 Å². The van der Waals surface area contributed by atoms with Crippen molar-refractivity contribution in [2.45, 2.75) is 31.8 Å². The Hall–Kier alpha value is -2.24. The van der Waals surface area contributed by atoms with Crippen LogP contribution in [0.4, 0.5) is 0 Å². The molecule has 1 unspecified atom stereocenters. The summed E-state index contributed by atoms with van der Waals surface area (Å²) in [5, 5.41) is 12.1. The van der Waals surface area contributed by atoms with Crippen molar-refractivity contribution in [2.75, 3.05) is 13.2 Å². The molecule has 3 rings (SSSR count). The first-order chi connectivity index (χ1) is 11.1. The number of carbonyl (C=O) groups excluding carboxylic acids is 1. The van der Waals surface area contributed by atoms with Gasteiger partial charge >= 0.3 is 5.97 Å². The average molecular weight is 319 g/mol. The highest BCUT2D eigenvalue weighted by Gasteiger charge is 2.32. The molecule has 1 saturated carbocycles. The molecule has 3 atom stereocenters. The van der Waals surface area contributed by atoms with Crippen LogP contribution in [-0.2, 0) is 9.59 Å². The van der Waals surface area contributed by atoms with E-state index in [1.807, 2.05) is 12.1 Å². The first kappa shape index (κ1) is 15.6. The maximum atomic E-state index is 12.3. The van der Waals surface area contributed by atoms with Crippen LogP contribution in [0.3, 0.4) is 0 Å². The molecule has 1 amide bonds. The minimum atomic E-state index is -0.768. The van der Waals surface area contributed by atoms with Crippen molar-refractivity contribution in [3.63, 3.8) is 0 Å². The number of hydrogen-bond donors (Lipinski definition) is 2. The Labute approximate surface area is 134 Å². The molecular formula is C17H21NO5. The lowest BCUT2D eigenvalue weighted by atomic mass is 9.79. The van der Waals surface area contributed by atoms with Gasteiger partial charge in [0.05, 0.1) is 5.92 Å². The molecular weight excluding hydrogens is 298 g/mol. The lowest BCUT2D eigenvalue weighted by Crippen LogP contribution is -2.46. The summed E-state index contributed by atoms with van der Waals surface area (Å²) in [4.78, 5) is 23.6. The van der Waals surface area contributed by atoms with E-state index in [9.17, 15) is 14.7 Å².